The van der Waals surface area contributed by atoms with E-state index in [0.717, 1.165) is 22.5 Å². The molecular weight excluding hydrogens is 368 g/mol. The van der Waals surface area contributed by atoms with Crippen LogP contribution in [0.15, 0.2) is 66.9 Å². The molecule has 0 aliphatic heterocycles. The van der Waals surface area contributed by atoms with Crippen molar-refractivity contribution in [3.05, 3.63) is 72.4 Å². The van der Waals surface area contributed by atoms with Gasteiger partial charge in [0.2, 0.25) is 5.91 Å². The summed E-state index contributed by atoms with van der Waals surface area (Å²) in [4.78, 5) is 23.4. The summed E-state index contributed by atoms with van der Waals surface area (Å²) in [6.45, 7) is 2.59. The van der Waals surface area contributed by atoms with Crippen molar-refractivity contribution in [2.24, 2.45) is 0 Å². The van der Waals surface area contributed by atoms with Crippen LogP contribution < -0.4 is 10.6 Å². The van der Waals surface area contributed by atoms with Crippen LogP contribution in [0.1, 0.15) is 18.9 Å². The Hall–Kier alpha value is -3.61. The van der Waals surface area contributed by atoms with Gasteiger partial charge in [-0.15, -0.1) is 0 Å². The first-order chi connectivity index (χ1) is 14.2. The third-order valence-electron chi connectivity index (χ3n) is 4.23. The van der Waals surface area contributed by atoms with Gasteiger partial charge in [-0.25, -0.2) is 9.48 Å². The predicted molar refractivity (Wildman–Crippen MR) is 110 cm³/mol. The van der Waals surface area contributed by atoms with E-state index in [4.69, 9.17) is 9.84 Å². The molecule has 0 bridgehead atoms. The lowest BCUT2D eigenvalue weighted by Gasteiger charge is -2.07. The normalized spacial score (nSPS) is 10.4. The Bertz CT molecular complexity index is 939. The number of aromatic nitrogens is 2. The maximum absolute atomic E-state index is 12.1. The van der Waals surface area contributed by atoms with E-state index in [1.807, 2.05) is 71.5 Å². The number of nitrogens with zero attached hydrogens (tertiary/aromatic N) is 2. The van der Waals surface area contributed by atoms with Crippen LogP contribution in [0.3, 0.4) is 0 Å². The second-order valence-electron chi connectivity index (χ2n) is 6.32. The monoisotopic (exact) mass is 392 g/mol. The fourth-order valence-corrected chi connectivity index (χ4v) is 2.83. The Morgan fingerprint density at radius 1 is 1.00 bits per heavy atom. The van der Waals surface area contributed by atoms with Gasteiger partial charge in [-0.05, 0) is 19.1 Å². The van der Waals surface area contributed by atoms with Gasteiger partial charge < -0.3 is 15.4 Å². The van der Waals surface area contributed by atoms with Crippen LogP contribution in [-0.2, 0) is 16.1 Å². The fraction of sp³-hybridized carbons (Fsp3) is 0.227. The smallest absolute Gasteiger partial charge is 0.407 e. The zero-order valence-electron chi connectivity index (χ0n) is 16.3. The van der Waals surface area contributed by atoms with Gasteiger partial charge in [-0.2, -0.15) is 5.10 Å². The molecule has 7 heteroatoms. The number of carbonyl (C=O) groups excluding carboxylic acids is 2. The first-order valence-electron chi connectivity index (χ1n) is 9.54. The van der Waals surface area contributed by atoms with E-state index < -0.39 is 6.09 Å². The highest BCUT2D eigenvalue weighted by atomic mass is 16.5. The van der Waals surface area contributed by atoms with Crippen molar-refractivity contribution in [1.29, 1.82) is 0 Å². The minimum Gasteiger partial charge on any atom is -0.450 e. The van der Waals surface area contributed by atoms with Crippen LogP contribution in [0.25, 0.3) is 16.9 Å². The first-order valence-corrected chi connectivity index (χ1v) is 9.54. The van der Waals surface area contributed by atoms with Crippen LogP contribution >= 0.6 is 0 Å². The second kappa shape index (κ2) is 10.1. The summed E-state index contributed by atoms with van der Waals surface area (Å²) >= 11 is 0. The molecule has 0 radical (unpaired) electrons. The van der Waals surface area contributed by atoms with E-state index in [-0.39, 0.29) is 18.9 Å². The molecule has 0 fully saturated rings. The SMILES string of the molecule is CCOC(=O)NCCC(=O)NCc1cn(-c2ccccc2)nc1-c1ccccc1. The number of rotatable bonds is 8. The molecular formula is C22H24N4O3. The second-order valence-corrected chi connectivity index (χ2v) is 6.32. The van der Waals surface area contributed by atoms with Crippen LogP contribution in [0.4, 0.5) is 4.79 Å². The lowest BCUT2D eigenvalue weighted by molar-refractivity contribution is -0.121. The number of ether oxygens (including phenoxy) is 1. The van der Waals surface area contributed by atoms with Gasteiger partial charge in [0, 0.05) is 36.8 Å². The molecule has 2 amide bonds. The number of alkyl carbamates (subject to hydrolysis) is 1. The van der Waals surface area contributed by atoms with Gasteiger partial charge in [0.05, 0.1) is 18.0 Å². The number of nitrogens with one attached hydrogen (secondary N) is 2. The molecule has 3 rings (SSSR count). The molecule has 0 unspecified atom stereocenters. The molecule has 0 spiro atoms. The average molecular weight is 392 g/mol. The molecule has 29 heavy (non-hydrogen) atoms. The van der Waals surface area contributed by atoms with Gasteiger partial charge in [0.15, 0.2) is 0 Å². The summed E-state index contributed by atoms with van der Waals surface area (Å²) in [6, 6.07) is 19.7. The number of hydrogen-bond acceptors (Lipinski definition) is 4. The van der Waals surface area contributed by atoms with Gasteiger partial charge in [-0.3, -0.25) is 4.79 Å². The topological polar surface area (TPSA) is 85.2 Å². The molecule has 0 saturated carbocycles. The average Bonchev–Trinajstić information content (AvgIpc) is 3.18. The van der Waals surface area contributed by atoms with Crippen LogP contribution in [0.2, 0.25) is 0 Å². The zero-order chi connectivity index (χ0) is 20.5. The number of para-hydroxylation sites is 1. The highest BCUT2D eigenvalue weighted by Crippen LogP contribution is 2.23. The van der Waals surface area contributed by atoms with Crippen molar-refractivity contribution in [3.63, 3.8) is 0 Å². The molecule has 2 aromatic carbocycles. The summed E-state index contributed by atoms with van der Waals surface area (Å²) in [5.74, 6) is -0.159. The standard InChI is InChI=1S/C22H24N4O3/c1-2-29-22(28)23-14-13-20(27)24-15-18-16-26(19-11-7-4-8-12-19)25-21(18)17-9-5-3-6-10-17/h3-12,16H,2,13-15H2,1H3,(H,23,28)(H,24,27). The Morgan fingerprint density at radius 3 is 2.38 bits per heavy atom. The molecule has 2 N–H and O–H groups in total. The predicted octanol–water partition coefficient (Wildman–Crippen LogP) is 3.29. The Balaban J connectivity index is 1.68. The van der Waals surface area contributed by atoms with Crippen molar-refractivity contribution in [2.75, 3.05) is 13.2 Å². The number of amides is 2. The summed E-state index contributed by atoms with van der Waals surface area (Å²) < 4.78 is 6.58. The molecule has 7 nitrogen and oxygen atoms in total. The van der Waals surface area contributed by atoms with Crippen molar-refractivity contribution in [3.8, 4) is 16.9 Å². The van der Waals surface area contributed by atoms with Gasteiger partial charge >= 0.3 is 6.09 Å². The highest BCUT2D eigenvalue weighted by Gasteiger charge is 2.13. The zero-order valence-corrected chi connectivity index (χ0v) is 16.3. The van der Waals surface area contributed by atoms with Crippen molar-refractivity contribution in [1.82, 2.24) is 20.4 Å². The van der Waals surface area contributed by atoms with E-state index in [1.165, 1.54) is 0 Å². The third-order valence-corrected chi connectivity index (χ3v) is 4.23. The minimum atomic E-state index is -0.518. The van der Waals surface area contributed by atoms with E-state index >= 15 is 0 Å². The summed E-state index contributed by atoms with van der Waals surface area (Å²) in [5, 5.41) is 10.2. The maximum Gasteiger partial charge on any atom is 0.407 e. The maximum atomic E-state index is 12.1. The number of benzene rings is 2. The van der Waals surface area contributed by atoms with Crippen molar-refractivity contribution in [2.45, 2.75) is 19.9 Å². The molecule has 150 valence electrons. The van der Waals surface area contributed by atoms with E-state index in [1.54, 1.807) is 6.92 Å². The third kappa shape index (κ3) is 5.68. The molecule has 0 atom stereocenters. The van der Waals surface area contributed by atoms with Gasteiger partial charge in [0.1, 0.15) is 0 Å². The van der Waals surface area contributed by atoms with Crippen molar-refractivity contribution >= 4 is 12.0 Å². The quantitative estimate of drug-likeness (QED) is 0.616. The fourth-order valence-electron chi connectivity index (χ4n) is 2.83. The molecule has 0 aliphatic carbocycles. The van der Waals surface area contributed by atoms with Crippen molar-refractivity contribution < 1.29 is 14.3 Å². The number of carbonyl (C=O) groups is 2. The molecule has 1 heterocycles. The summed E-state index contributed by atoms with van der Waals surface area (Å²) in [6.07, 6.45) is 1.58. The minimum absolute atomic E-state index is 0.159. The summed E-state index contributed by atoms with van der Waals surface area (Å²) in [5.41, 5.74) is 3.66. The van der Waals surface area contributed by atoms with Crippen LogP contribution in [-0.4, -0.2) is 34.9 Å². The van der Waals surface area contributed by atoms with Gasteiger partial charge in [-0.1, -0.05) is 48.5 Å². The molecule has 0 saturated heterocycles. The number of hydrogen-bond donors (Lipinski definition) is 2. The highest BCUT2D eigenvalue weighted by molar-refractivity contribution is 5.77. The Kier molecular flexibility index (Phi) is 7.00. The first kappa shape index (κ1) is 20.1. The van der Waals surface area contributed by atoms with E-state index in [2.05, 4.69) is 10.6 Å². The van der Waals surface area contributed by atoms with Crippen LogP contribution in [0, 0.1) is 0 Å². The largest absolute Gasteiger partial charge is 0.450 e. The lowest BCUT2D eigenvalue weighted by Crippen LogP contribution is -2.30. The van der Waals surface area contributed by atoms with Crippen LogP contribution in [0.5, 0.6) is 0 Å². The summed E-state index contributed by atoms with van der Waals surface area (Å²) in [7, 11) is 0. The Labute approximate surface area is 169 Å². The molecule has 3 aromatic rings. The van der Waals surface area contributed by atoms with Gasteiger partial charge in [0.25, 0.3) is 0 Å². The molecule has 0 aliphatic rings. The lowest BCUT2D eigenvalue weighted by atomic mass is 10.1. The molecule has 1 aromatic heterocycles. The van der Waals surface area contributed by atoms with E-state index in [9.17, 15) is 9.59 Å². The van der Waals surface area contributed by atoms with E-state index in [0.29, 0.717) is 13.2 Å². The Morgan fingerprint density at radius 2 is 1.69 bits per heavy atom.